The molecular weight excluding hydrogens is 56.0 g/mol. The molecule has 0 heterocycles. The summed E-state index contributed by atoms with van der Waals surface area (Å²) >= 11 is 0. The summed E-state index contributed by atoms with van der Waals surface area (Å²) in [7, 11) is 0. The fourth-order valence-electron chi connectivity index (χ4n) is 0. The highest BCUT2D eigenvalue weighted by molar-refractivity contribution is 5.40. The van der Waals surface area contributed by atoms with Gasteiger partial charge in [-0.25, -0.2) is 0 Å². The summed E-state index contributed by atoms with van der Waals surface area (Å²) in [5.41, 5.74) is 0. The van der Waals surface area contributed by atoms with Gasteiger partial charge in [-0.1, -0.05) is 0 Å². The Morgan fingerprint density at radius 1 is 2.00 bits per heavy atom. The van der Waals surface area contributed by atoms with Gasteiger partial charge in [0.15, 0.2) is 6.40 Å². The molecule has 0 radical (unpaired) electrons. The number of nitrogens with one attached hydrogen (secondary N) is 1. The summed E-state index contributed by atoms with van der Waals surface area (Å²) in [6.45, 7) is 0. The van der Waals surface area contributed by atoms with Crippen LogP contribution in [-0.2, 0) is 4.84 Å². The minimum atomic E-state index is 0.653. The molecule has 0 spiro atoms. The summed E-state index contributed by atoms with van der Waals surface area (Å²) in [4.78, 5) is 3.58. The first-order valence-electron chi connectivity index (χ1n) is 0.760. The number of nitrogens with two attached hydrogens (primary N) is 1. The van der Waals surface area contributed by atoms with Crippen LogP contribution >= 0.6 is 0 Å². The van der Waals surface area contributed by atoms with Gasteiger partial charge in [0.1, 0.15) is 0 Å². The van der Waals surface area contributed by atoms with Crippen molar-refractivity contribution in [3.05, 3.63) is 0 Å². The van der Waals surface area contributed by atoms with Gasteiger partial charge in [-0.15, -0.1) is 0 Å². The minimum absolute atomic E-state index is 0.653. The highest BCUT2D eigenvalue weighted by Crippen LogP contribution is 1.26. The second-order valence-corrected chi connectivity index (χ2v) is 0.254. The largest absolute Gasteiger partial charge is 0.400 e. The summed E-state index contributed by atoms with van der Waals surface area (Å²) < 4.78 is 0. The van der Waals surface area contributed by atoms with E-state index in [1.165, 1.54) is 0 Å². The molecule has 0 saturated carbocycles. The standard InChI is InChI=1S/CH4N2O/c2-1-4-3/h1-2H,3H2. The molecule has 0 aliphatic heterocycles. The van der Waals surface area contributed by atoms with Crippen molar-refractivity contribution in [1.82, 2.24) is 0 Å². The van der Waals surface area contributed by atoms with Gasteiger partial charge in [0.05, 0.1) is 0 Å². The van der Waals surface area contributed by atoms with Crippen molar-refractivity contribution < 1.29 is 4.84 Å². The predicted molar refractivity (Wildman–Crippen MR) is 14.1 cm³/mol. The van der Waals surface area contributed by atoms with E-state index in [1.54, 1.807) is 0 Å². The molecule has 0 amide bonds. The van der Waals surface area contributed by atoms with Crippen LogP contribution in [0.4, 0.5) is 0 Å². The first-order valence-corrected chi connectivity index (χ1v) is 0.760. The summed E-state index contributed by atoms with van der Waals surface area (Å²) in [5.74, 6) is 4.28. The van der Waals surface area contributed by atoms with Crippen molar-refractivity contribution >= 4 is 6.40 Å². The van der Waals surface area contributed by atoms with E-state index in [0.29, 0.717) is 6.40 Å². The Balaban J connectivity index is 2.30. The first-order chi connectivity index (χ1) is 1.91. The maximum absolute atomic E-state index is 5.98. The Morgan fingerprint density at radius 2 is 2.25 bits per heavy atom. The molecule has 0 aromatic rings. The van der Waals surface area contributed by atoms with Crippen LogP contribution in [0.2, 0.25) is 0 Å². The van der Waals surface area contributed by atoms with Crippen molar-refractivity contribution in [2.45, 2.75) is 0 Å². The molecule has 0 aromatic carbocycles. The van der Waals surface area contributed by atoms with E-state index < -0.39 is 0 Å². The Hall–Kier alpha value is -0.570. The topological polar surface area (TPSA) is 59.1 Å². The first kappa shape index (κ1) is 3.43. The molecule has 0 aliphatic rings. The van der Waals surface area contributed by atoms with Crippen molar-refractivity contribution in [3.63, 3.8) is 0 Å². The van der Waals surface area contributed by atoms with Gasteiger partial charge < -0.3 is 4.84 Å². The molecule has 0 fully saturated rings. The fourth-order valence-corrected chi connectivity index (χ4v) is 0. The zero-order valence-corrected chi connectivity index (χ0v) is 2.06. The predicted octanol–water partition coefficient (Wildman–Crippen LogP) is -0.516. The van der Waals surface area contributed by atoms with Crippen molar-refractivity contribution in [2.24, 2.45) is 5.90 Å². The van der Waals surface area contributed by atoms with Crippen molar-refractivity contribution in [1.29, 1.82) is 5.41 Å². The second-order valence-electron chi connectivity index (χ2n) is 0.254. The maximum Gasteiger partial charge on any atom is 0.193 e. The molecule has 0 bridgehead atoms. The van der Waals surface area contributed by atoms with Crippen LogP contribution in [0.15, 0.2) is 0 Å². The normalized spacial score (nSPS) is 5.25. The van der Waals surface area contributed by atoms with E-state index >= 15 is 0 Å². The van der Waals surface area contributed by atoms with Gasteiger partial charge in [0, 0.05) is 0 Å². The third kappa shape index (κ3) is 1.43. The van der Waals surface area contributed by atoms with Gasteiger partial charge in [0.2, 0.25) is 0 Å². The number of hydrogen-bond donors (Lipinski definition) is 2. The summed E-state index contributed by atoms with van der Waals surface area (Å²) in [5, 5.41) is 5.98. The molecule has 0 aliphatic carbocycles. The third-order valence-corrected chi connectivity index (χ3v) is 0.0680. The molecule has 3 nitrogen and oxygen atoms in total. The van der Waals surface area contributed by atoms with Crippen LogP contribution in [0.5, 0.6) is 0 Å². The Labute approximate surface area is 23.8 Å². The van der Waals surface area contributed by atoms with E-state index in [2.05, 4.69) is 10.7 Å². The van der Waals surface area contributed by atoms with Gasteiger partial charge in [-0.3, -0.25) is 5.41 Å². The zero-order valence-electron chi connectivity index (χ0n) is 2.06. The lowest BCUT2D eigenvalue weighted by Gasteiger charge is -1.70. The lowest BCUT2D eigenvalue weighted by atomic mass is 11.6. The molecule has 0 rings (SSSR count). The fraction of sp³-hybridized carbons (Fsp3) is 0. The van der Waals surface area contributed by atoms with E-state index in [9.17, 15) is 0 Å². The molecular formula is CH4N2O. The van der Waals surface area contributed by atoms with E-state index in [-0.39, 0.29) is 0 Å². The molecule has 3 N–H and O–H groups in total. The lowest BCUT2D eigenvalue weighted by Crippen LogP contribution is -1.91. The molecule has 0 atom stereocenters. The number of rotatable bonds is 1. The third-order valence-electron chi connectivity index (χ3n) is 0.0680. The molecule has 0 aromatic heterocycles. The Bertz CT molecular complexity index is 20.0. The molecule has 4 heavy (non-hydrogen) atoms. The highest BCUT2D eigenvalue weighted by atomic mass is 16.6. The van der Waals surface area contributed by atoms with Crippen molar-refractivity contribution in [2.75, 3.05) is 0 Å². The summed E-state index contributed by atoms with van der Waals surface area (Å²) in [6.07, 6.45) is 0.653. The van der Waals surface area contributed by atoms with Gasteiger partial charge in [0.25, 0.3) is 0 Å². The van der Waals surface area contributed by atoms with Crippen LogP contribution in [0.3, 0.4) is 0 Å². The van der Waals surface area contributed by atoms with Crippen LogP contribution in [0.25, 0.3) is 0 Å². The average molecular weight is 60.1 g/mol. The van der Waals surface area contributed by atoms with Crippen molar-refractivity contribution in [3.8, 4) is 0 Å². The maximum atomic E-state index is 5.98. The highest BCUT2D eigenvalue weighted by Gasteiger charge is 1.38. The Kier molecular flexibility index (Phi) is 2.08. The molecule has 3 heteroatoms. The smallest absolute Gasteiger partial charge is 0.193 e. The summed E-state index contributed by atoms with van der Waals surface area (Å²) in [6, 6.07) is 0. The van der Waals surface area contributed by atoms with Gasteiger partial charge in [-0.05, 0) is 0 Å². The van der Waals surface area contributed by atoms with Gasteiger partial charge >= 0.3 is 0 Å². The van der Waals surface area contributed by atoms with Crippen LogP contribution in [0.1, 0.15) is 0 Å². The quantitative estimate of drug-likeness (QED) is 0.243. The van der Waals surface area contributed by atoms with Crippen LogP contribution < -0.4 is 5.90 Å². The molecule has 0 saturated heterocycles. The van der Waals surface area contributed by atoms with Crippen LogP contribution in [0, 0.1) is 5.41 Å². The SMILES string of the molecule is N=CON. The monoisotopic (exact) mass is 60.0 g/mol. The van der Waals surface area contributed by atoms with Gasteiger partial charge in [-0.2, -0.15) is 5.90 Å². The van der Waals surface area contributed by atoms with E-state index in [1.807, 2.05) is 0 Å². The van der Waals surface area contributed by atoms with E-state index in [0.717, 1.165) is 0 Å². The number of hydrogen-bond acceptors (Lipinski definition) is 3. The average Bonchev–Trinajstić information content (AvgIpc) is 1.37. The Morgan fingerprint density at radius 3 is 2.25 bits per heavy atom. The van der Waals surface area contributed by atoms with E-state index in [4.69, 9.17) is 5.41 Å². The lowest BCUT2D eigenvalue weighted by molar-refractivity contribution is 0.335. The zero-order chi connectivity index (χ0) is 3.41. The van der Waals surface area contributed by atoms with Crippen LogP contribution in [-0.4, -0.2) is 6.40 Å². The minimum Gasteiger partial charge on any atom is -0.400 e. The molecule has 24 valence electrons. The molecule has 0 unspecified atom stereocenters. The second kappa shape index (κ2) is 2.43.